The van der Waals surface area contributed by atoms with Gasteiger partial charge in [0.1, 0.15) is 11.7 Å². The van der Waals surface area contributed by atoms with Gasteiger partial charge in [0.05, 0.1) is 13.2 Å². The zero-order valence-corrected chi connectivity index (χ0v) is 10.4. The van der Waals surface area contributed by atoms with Gasteiger partial charge in [-0.3, -0.25) is 9.78 Å². The maximum absolute atomic E-state index is 12.2. The van der Waals surface area contributed by atoms with Crippen LogP contribution >= 0.6 is 0 Å². The van der Waals surface area contributed by atoms with Gasteiger partial charge in [-0.25, -0.2) is 0 Å². The van der Waals surface area contributed by atoms with Crippen molar-refractivity contribution >= 4 is 5.78 Å². The molecular weight excluding hydrogens is 240 g/mol. The van der Waals surface area contributed by atoms with Gasteiger partial charge in [0.25, 0.3) is 0 Å². The van der Waals surface area contributed by atoms with E-state index in [0.717, 1.165) is 0 Å². The van der Waals surface area contributed by atoms with E-state index in [1.54, 1.807) is 49.7 Å². The SMILES string of the molecule is COc1ccc(C(C#N)C(=O)c2cccnc2)cc1. The molecule has 0 bridgehead atoms. The molecule has 0 aliphatic heterocycles. The lowest BCUT2D eigenvalue weighted by atomic mass is 9.92. The van der Waals surface area contributed by atoms with E-state index in [4.69, 9.17) is 4.74 Å². The van der Waals surface area contributed by atoms with Crippen molar-refractivity contribution in [2.24, 2.45) is 0 Å². The molecule has 4 nitrogen and oxygen atoms in total. The molecule has 1 unspecified atom stereocenters. The summed E-state index contributed by atoms with van der Waals surface area (Å²) in [4.78, 5) is 16.1. The Morgan fingerprint density at radius 3 is 2.58 bits per heavy atom. The number of Topliss-reactive ketones (excluding diaryl/α,β-unsaturated/α-hetero) is 1. The summed E-state index contributed by atoms with van der Waals surface area (Å²) in [5.74, 6) is -0.384. The number of hydrogen-bond acceptors (Lipinski definition) is 4. The second-order valence-electron chi connectivity index (χ2n) is 3.94. The molecule has 0 spiro atoms. The minimum atomic E-state index is -0.824. The second kappa shape index (κ2) is 5.78. The topological polar surface area (TPSA) is 63.0 Å². The number of nitriles is 1. The predicted octanol–water partition coefficient (Wildman–Crippen LogP) is 2.58. The molecule has 1 aromatic carbocycles. The molecule has 0 radical (unpaired) electrons. The maximum atomic E-state index is 12.2. The fraction of sp³-hybridized carbons (Fsp3) is 0.133. The van der Waals surface area contributed by atoms with Crippen LogP contribution in [0.1, 0.15) is 21.8 Å². The predicted molar refractivity (Wildman–Crippen MR) is 69.9 cm³/mol. The summed E-state index contributed by atoms with van der Waals surface area (Å²) >= 11 is 0. The molecule has 94 valence electrons. The van der Waals surface area contributed by atoms with Crippen LogP contribution < -0.4 is 4.74 Å². The molecule has 4 heteroatoms. The number of rotatable bonds is 4. The quantitative estimate of drug-likeness (QED) is 0.784. The Morgan fingerprint density at radius 1 is 1.32 bits per heavy atom. The molecule has 0 aliphatic rings. The number of methoxy groups -OCH3 is 1. The summed E-state index contributed by atoms with van der Waals surface area (Å²) in [6, 6.07) is 12.3. The van der Waals surface area contributed by atoms with E-state index in [1.165, 1.54) is 6.20 Å². The van der Waals surface area contributed by atoms with Crippen LogP contribution in [0, 0.1) is 11.3 Å². The molecule has 0 aliphatic carbocycles. The first-order chi connectivity index (χ1) is 9.26. The first-order valence-corrected chi connectivity index (χ1v) is 5.74. The number of carbonyl (C=O) groups is 1. The van der Waals surface area contributed by atoms with Gasteiger partial charge in [0.2, 0.25) is 0 Å². The average Bonchev–Trinajstić information content (AvgIpc) is 2.49. The lowest BCUT2D eigenvalue weighted by Gasteiger charge is -2.09. The normalized spacial score (nSPS) is 11.4. The Morgan fingerprint density at radius 2 is 2.05 bits per heavy atom. The van der Waals surface area contributed by atoms with Gasteiger partial charge in [0, 0.05) is 18.0 Å². The number of nitrogens with zero attached hydrogens (tertiary/aromatic N) is 2. The number of aromatic nitrogens is 1. The minimum Gasteiger partial charge on any atom is -0.497 e. The van der Waals surface area contributed by atoms with Crippen LogP contribution in [0.15, 0.2) is 48.8 Å². The summed E-state index contributed by atoms with van der Waals surface area (Å²) < 4.78 is 5.05. The van der Waals surface area contributed by atoms with E-state index < -0.39 is 5.92 Å². The van der Waals surface area contributed by atoms with Crippen LogP contribution in [0.2, 0.25) is 0 Å². The molecule has 1 heterocycles. The van der Waals surface area contributed by atoms with E-state index in [-0.39, 0.29) is 5.78 Å². The minimum absolute atomic E-state index is 0.249. The highest BCUT2D eigenvalue weighted by Gasteiger charge is 2.21. The smallest absolute Gasteiger partial charge is 0.185 e. The summed E-state index contributed by atoms with van der Waals surface area (Å²) in [6.45, 7) is 0. The lowest BCUT2D eigenvalue weighted by Crippen LogP contribution is -2.11. The van der Waals surface area contributed by atoms with Crippen molar-refractivity contribution in [2.75, 3.05) is 7.11 Å². The molecule has 1 atom stereocenters. The fourth-order valence-electron chi connectivity index (χ4n) is 1.76. The van der Waals surface area contributed by atoms with E-state index in [0.29, 0.717) is 16.9 Å². The zero-order valence-electron chi connectivity index (χ0n) is 10.4. The fourth-order valence-corrected chi connectivity index (χ4v) is 1.76. The Bertz CT molecular complexity index is 600. The van der Waals surface area contributed by atoms with Crippen molar-refractivity contribution in [1.82, 2.24) is 4.98 Å². The largest absolute Gasteiger partial charge is 0.497 e. The van der Waals surface area contributed by atoms with Crippen molar-refractivity contribution < 1.29 is 9.53 Å². The van der Waals surface area contributed by atoms with Crippen molar-refractivity contribution in [3.05, 3.63) is 59.9 Å². The number of ketones is 1. The summed E-state index contributed by atoms with van der Waals surface area (Å²) in [7, 11) is 1.57. The summed E-state index contributed by atoms with van der Waals surface area (Å²) in [6.07, 6.45) is 3.06. The van der Waals surface area contributed by atoms with Crippen LogP contribution in [-0.4, -0.2) is 17.9 Å². The first kappa shape index (κ1) is 12.8. The van der Waals surface area contributed by atoms with Crippen LogP contribution in [0.4, 0.5) is 0 Å². The third-order valence-electron chi connectivity index (χ3n) is 2.79. The average molecular weight is 252 g/mol. The van der Waals surface area contributed by atoms with Gasteiger partial charge >= 0.3 is 0 Å². The maximum Gasteiger partial charge on any atom is 0.185 e. The van der Waals surface area contributed by atoms with Crippen molar-refractivity contribution in [2.45, 2.75) is 5.92 Å². The molecule has 2 rings (SSSR count). The van der Waals surface area contributed by atoms with Crippen LogP contribution in [-0.2, 0) is 0 Å². The first-order valence-electron chi connectivity index (χ1n) is 5.74. The Balaban J connectivity index is 2.30. The number of pyridine rings is 1. The molecule has 0 amide bonds. The summed E-state index contributed by atoms with van der Waals surface area (Å²) in [5.41, 5.74) is 1.09. The number of hydrogen-bond donors (Lipinski definition) is 0. The van der Waals surface area contributed by atoms with Gasteiger partial charge < -0.3 is 4.74 Å². The third-order valence-corrected chi connectivity index (χ3v) is 2.79. The molecule has 2 aromatic rings. The highest BCUT2D eigenvalue weighted by atomic mass is 16.5. The van der Waals surface area contributed by atoms with Gasteiger partial charge in [-0.15, -0.1) is 0 Å². The van der Waals surface area contributed by atoms with E-state index in [1.807, 2.05) is 6.07 Å². The van der Waals surface area contributed by atoms with E-state index in [2.05, 4.69) is 4.98 Å². The highest BCUT2D eigenvalue weighted by molar-refractivity contribution is 6.02. The Kier molecular flexibility index (Phi) is 3.89. The monoisotopic (exact) mass is 252 g/mol. The molecule has 1 aromatic heterocycles. The number of ether oxygens (including phenoxy) is 1. The van der Waals surface area contributed by atoms with Crippen LogP contribution in [0.5, 0.6) is 5.75 Å². The van der Waals surface area contributed by atoms with Crippen molar-refractivity contribution in [1.29, 1.82) is 5.26 Å². The van der Waals surface area contributed by atoms with Gasteiger partial charge in [-0.05, 0) is 29.8 Å². The molecule has 0 saturated heterocycles. The molecule has 19 heavy (non-hydrogen) atoms. The van der Waals surface area contributed by atoms with Crippen molar-refractivity contribution in [3.63, 3.8) is 0 Å². The Hall–Kier alpha value is -2.67. The second-order valence-corrected chi connectivity index (χ2v) is 3.94. The molecule has 0 fully saturated rings. The Labute approximate surface area is 111 Å². The lowest BCUT2D eigenvalue weighted by molar-refractivity contribution is 0.0978. The molecular formula is C15H12N2O2. The van der Waals surface area contributed by atoms with E-state index in [9.17, 15) is 10.1 Å². The number of benzene rings is 1. The third kappa shape index (κ3) is 2.78. The zero-order chi connectivity index (χ0) is 13.7. The summed E-state index contributed by atoms with van der Waals surface area (Å²) in [5, 5.41) is 9.22. The molecule has 0 saturated carbocycles. The van der Waals surface area contributed by atoms with Crippen molar-refractivity contribution in [3.8, 4) is 11.8 Å². The van der Waals surface area contributed by atoms with E-state index >= 15 is 0 Å². The van der Waals surface area contributed by atoms with Gasteiger partial charge in [0.15, 0.2) is 5.78 Å². The van der Waals surface area contributed by atoms with Gasteiger partial charge in [-0.2, -0.15) is 5.26 Å². The standard InChI is InChI=1S/C15H12N2O2/c1-19-13-6-4-11(5-7-13)14(9-16)15(18)12-3-2-8-17-10-12/h2-8,10,14H,1H3. The van der Waals surface area contributed by atoms with Crippen LogP contribution in [0.25, 0.3) is 0 Å². The molecule has 0 N–H and O–H groups in total. The van der Waals surface area contributed by atoms with Crippen LogP contribution in [0.3, 0.4) is 0 Å². The highest BCUT2D eigenvalue weighted by Crippen LogP contribution is 2.22. The number of carbonyl (C=O) groups excluding carboxylic acids is 1. The van der Waals surface area contributed by atoms with Gasteiger partial charge in [-0.1, -0.05) is 12.1 Å².